The van der Waals surface area contributed by atoms with E-state index in [4.69, 9.17) is 0 Å². The van der Waals surface area contributed by atoms with E-state index in [1.165, 1.54) is 6.07 Å². The normalized spacial score (nSPS) is 17.4. The first kappa shape index (κ1) is 15.1. The van der Waals surface area contributed by atoms with Crippen molar-refractivity contribution in [1.82, 2.24) is 9.80 Å². The molecule has 0 saturated carbocycles. The van der Waals surface area contributed by atoms with E-state index in [1.807, 2.05) is 4.90 Å². The van der Waals surface area contributed by atoms with E-state index in [0.29, 0.717) is 0 Å². The Balaban J connectivity index is 1.93. The third-order valence-electron chi connectivity index (χ3n) is 3.61. The maximum absolute atomic E-state index is 13.5. The quantitative estimate of drug-likeness (QED) is 0.773. The summed E-state index contributed by atoms with van der Waals surface area (Å²) in [5, 5.41) is 0. The van der Waals surface area contributed by atoms with Crippen LogP contribution in [0.4, 0.5) is 8.78 Å². The second-order valence-electron chi connectivity index (χ2n) is 5.14. The molecular weight excluding hydrogens is 262 g/mol. The predicted molar refractivity (Wildman–Crippen MR) is 73.9 cm³/mol. The van der Waals surface area contributed by atoms with Gasteiger partial charge in [0.05, 0.1) is 12.1 Å². The van der Waals surface area contributed by atoms with E-state index in [2.05, 4.69) is 11.8 Å². The van der Waals surface area contributed by atoms with Crippen LogP contribution in [0.2, 0.25) is 0 Å². The van der Waals surface area contributed by atoms with Crippen molar-refractivity contribution in [2.75, 3.05) is 39.3 Å². The van der Waals surface area contributed by atoms with Crippen LogP contribution in [0, 0.1) is 11.6 Å². The lowest BCUT2D eigenvalue weighted by Crippen LogP contribution is -2.48. The van der Waals surface area contributed by atoms with Gasteiger partial charge >= 0.3 is 0 Å². The number of carbonyl (C=O) groups is 1. The molecule has 1 fully saturated rings. The number of ketones is 1. The maximum Gasteiger partial charge on any atom is 0.182 e. The second-order valence-corrected chi connectivity index (χ2v) is 5.14. The van der Waals surface area contributed by atoms with Crippen LogP contribution in [-0.2, 0) is 0 Å². The fraction of sp³-hybridized carbons (Fsp3) is 0.533. The van der Waals surface area contributed by atoms with E-state index in [-0.39, 0.29) is 6.54 Å². The van der Waals surface area contributed by atoms with Gasteiger partial charge in [-0.05, 0) is 25.1 Å². The van der Waals surface area contributed by atoms with Crippen molar-refractivity contribution >= 4 is 5.78 Å². The Morgan fingerprint density at radius 3 is 2.20 bits per heavy atom. The maximum atomic E-state index is 13.5. The molecule has 0 aromatic heterocycles. The van der Waals surface area contributed by atoms with Gasteiger partial charge in [0.2, 0.25) is 0 Å². The van der Waals surface area contributed by atoms with Gasteiger partial charge < -0.3 is 4.90 Å². The lowest BCUT2D eigenvalue weighted by Gasteiger charge is -2.34. The highest BCUT2D eigenvalue weighted by Crippen LogP contribution is 2.14. The molecule has 0 radical (unpaired) electrons. The van der Waals surface area contributed by atoms with Crippen LogP contribution in [0.5, 0.6) is 0 Å². The van der Waals surface area contributed by atoms with Crippen LogP contribution in [-0.4, -0.2) is 54.9 Å². The van der Waals surface area contributed by atoms with Crippen molar-refractivity contribution in [2.24, 2.45) is 0 Å². The molecule has 0 spiro atoms. The van der Waals surface area contributed by atoms with Crippen molar-refractivity contribution in [2.45, 2.75) is 13.3 Å². The van der Waals surface area contributed by atoms with Gasteiger partial charge in [-0.25, -0.2) is 8.78 Å². The van der Waals surface area contributed by atoms with Gasteiger partial charge in [-0.15, -0.1) is 0 Å². The monoisotopic (exact) mass is 282 g/mol. The molecule has 2 rings (SSSR count). The molecule has 0 bridgehead atoms. The van der Waals surface area contributed by atoms with E-state index in [0.717, 1.165) is 51.3 Å². The van der Waals surface area contributed by atoms with Gasteiger partial charge in [-0.3, -0.25) is 9.69 Å². The average molecular weight is 282 g/mol. The third-order valence-corrected chi connectivity index (χ3v) is 3.61. The first-order valence-electron chi connectivity index (χ1n) is 7.03. The highest BCUT2D eigenvalue weighted by Gasteiger charge is 2.22. The van der Waals surface area contributed by atoms with Gasteiger partial charge in [-0.2, -0.15) is 0 Å². The Morgan fingerprint density at radius 1 is 1.10 bits per heavy atom. The van der Waals surface area contributed by atoms with Crippen molar-refractivity contribution in [3.63, 3.8) is 0 Å². The fourth-order valence-electron chi connectivity index (χ4n) is 2.53. The Bertz CT molecular complexity index is 451. The summed E-state index contributed by atoms with van der Waals surface area (Å²) in [6.07, 6.45) is 1.11. The topological polar surface area (TPSA) is 23.6 Å². The summed E-state index contributed by atoms with van der Waals surface area (Å²) in [6.45, 7) is 6.61. The second kappa shape index (κ2) is 6.90. The molecular formula is C15H20F2N2O. The molecule has 20 heavy (non-hydrogen) atoms. The van der Waals surface area contributed by atoms with Crippen LogP contribution in [0.3, 0.4) is 0 Å². The molecule has 0 aliphatic carbocycles. The molecule has 1 aromatic carbocycles. The lowest BCUT2D eigenvalue weighted by molar-refractivity contribution is 0.0845. The van der Waals surface area contributed by atoms with Crippen LogP contribution in [0.25, 0.3) is 0 Å². The van der Waals surface area contributed by atoms with Crippen LogP contribution in [0.15, 0.2) is 18.2 Å². The number of hydrogen-bond donors (Lipinski definition) is 0. The minimum Gasteiger partial charge on any atom is -0.301 e. The Hall–Kier alpha value is -1.33. The highest BCUT2D eigenvalue weighted by atomic mass is 19.1. The van der Waals surface area contributed by atoms with Gasteiger partial charge in [0.1, 0.15) is 11.6 Å². The summed E-state index contributed by atoms with van der Waals surface area (Å²) in [5.74, 6) is -2.04. The average Bonchev–Trinajstić information content (AvgIpc) is 2.41. The van der Waals surface area contributed by atoms with Gasteiger partial charge in [0.25, 0.3) is 0 Å². The standard InChI is InChI=1S/C15H20F2N2O/c1-2-6-18-7-9-19(10-8-18)11-14(20)15-12(16)4-3-5-13(15)17/h3-5H,2,6-11H2,1H3. The molecule has 1 aliphatic heterocycles. The van der Waals surface area contributed by atoms with E-state index in [9.17, 15) is 13.6 Å². The number of piperazine rings is 1. The Kier molecular flexibility index (Phi) is 5.20. The van der Waals surface area contributed by atoms with Gasteiger partial charge in [0.15, 0.2) is 5.78 Å². The molecule has 1 saturated heterocycles. The molecule has 1 heterocycles. The van der Waals surface area contributed by atoms with Crippen molar-refractivity contribution in [3.05, 3.63) is 35.4 Å². The summed E-state index contributed by atoms with van der Waals surface area (Å²) in [5.41, 5.74) is -0.413. The SMILES string of the molecule is CCCN1CCN(CC(=O)c2c(F)cccc2F)CC1. The molecule has 1 aromatic rings. The zero-order valence-corrected chi connectivity index (χ0v) is 11.7. The van der Waals surface area contributed by atoms with Gasteiger partial charge in [-0.1, -0.05) is 13.0 Å². The zero-order valence-electron chi connectivity index (χ0n) is 11.7. The number of carbonyl (C=O) groups excluding carboxylic acids is 1. The molecule has 110 valence electrons. The number of halogens is 2. The first-order chi connectivity index (χ1) is 9.61. The molecule has 3 nitrogen and oxygen atoms in total. The van der Waals surface area contributed by atoms with Crippen LogP contribution < -0.4 is 0 Å². The smallest absolute Gasteiger partial charge is 0.182 e. The molecule has 0 unspecified atom stereocenters. The van der Waals surface area contributed by atoms with E-state index in [1.54, 1.807) is 0 Å². The van der Waals surface area contributed by atoms with E-state index >= 15 is 0 Å². The number of rotatable bonds is 5. The zero-order chi connectivity index (χ0) is 14.5. The lowest BCUT2D eigenvalue weighted by atomic mass is 10.1. The van der Waals surface area contributed by atoms with E-state index < -0.39 is 23.0 Å². The summed E-state index contributed by atoms with van der Waals surface area (Å²) >= 11 is 0. The van der Waals surface area contributed by atoms with Crippen LogP contribution in [0.1, 0.15) is 23.7 Å². The predicted octanol–water partition coefficient (Wildman–Crippen LogP) is 2.18. The Labute approximate surface area is 118 Å². The molecule has 0 amide bonds. The number of hydrogen-bond acceptors (Lipinski definition) is 3. The molecule has 5 heteroatoms. The fourth-order valence-corrected chi connectivity index (χ4v) is 2.53. The van der Waals surface area contributed by atoms with Crippen molar-refractivity contribution < 1.29 is 13.6 Å². The molecule has 1 aliphatic rings. The summed E-state index contributed by atoms with van der Waals surface area (Å²) in [7, 11) is 0. The first-order valence-corrected chi connectivity index (χ1v) is 7.03. The molecule has 0 atom stereocenters. The minimum atomic E-state index is -0.778. The van der Waals surface area contributed by atoms with Gasteiger partial charge in [0, 0.05) is 26.2 Å². The molecule has 0 N–H and O–H groups in total. The number of benzene rings is 1. The number of nitrogens with zero attached hydrogens (tertiary/aromatic N) is 2. The van der Waals surface area contributed by atoms with Crippen molar-refractivity contribution in [3.8, 4) is 0 Å². The summed E-state index contributed by atoms with van der Waals surface area (Å²) < 4.78 is 27.1. The third kappa shape index (κ3) is 3.61. The minimum absolute atomic E-state index is 0.0812. The highest BCUT2D eigenvalue weighted by molar-refractivity contribution is 5.98. The summed E-state index contributed by atoms with van der Waals surface area (Å²) in [6, 6.07) is 3.51. The van der Waals surface area contributed by atoms with Crippen molar-refractivity contribution in [1.29, 1.82) is 0 Å². The summed E-state index contributed by atoms with van der Waals surface area (Å²) in [4.78, 5) is 16.3. The van der Waals surface area contributed by atoms with Crippen LogP contribution >= 0.6 is 0 Å². The largest absolute Gasteiger partial charge is 0.301 e. The Morgan fingerprint density at radius 2 is 1.65 bits per heavy atom. The number of Topliss-reactive ketones (excluding diaryl/α,β-unsaturated/α-hetero) is 1.